The summed E-state index contributed by atoms with van der Waals surface area (Å²) in [5.74, 6) is 1.13. The Balaban J connectivity index is 2.18. The summed E-state index contributed by atoms with van der Waals surface area (Å²) in [7, 11) is 5.01. The van der Waals surface area contributed by atoms with E-state index in [0.717, 1.165) is 17.0 Å². The van der Waals surface area contributed by atoms with Crippen molar-refractivity contribution in [1.82, 2.24) is 9.78 Å². The molecule has 6 nitrogen and oxygen atoms in total. The first kappa shape index (κ1) is 15.9. The van der Waals surface area contributed by atoms with Crippen LogP contribution in [-0.2, 0) is 18.3 Å². The maximum atomic E-state index is 12.3. The van der Waals surface area contributed by atoms with Gasteiger partial charge in [0.1, 0.15) is 11.5 Å². The van der Waals surface area contributed by atoms with Crippen LogP contribution in [0.15, 0.2) is 18.2 Å². The molecule has 0 saturated heterocycles. The molecule has 1 amide bonds. The number of hydrogen-bond donors (Lipinski definition) is 1. The van der Waals surface area contributed by atoms with Crippen LogP contribution in [0.25, 0.3) is 0 Å². The van der Waals surface area contributed by atoms with Crippen molar-refractivity contribution in [3.63, 3.8) is 0 Å². The SMILES string of the molecule is COc1ccc(OC)c(NC(=O)Cc2c(C)nn(C)c2C)c1. The van der Waals surface area contributed by atoms with Crippen LogP contribution in [0.1, 0.15) is 17.0 Å². The Kier molecular flexibility index (Phi) is 4.70. The van der Waals surface area contributed by atoms with E-state index in [1.54, 1.807) is 37.1 Å². The summed E-state index contributed by atoms with van der Waals surface area (Å²) in [4.78, 5) is 12.3. The van der Waals surface area contributed by atoms with Gasteiger partial charge < -0.3 is 14.8 Å². The first-order valence-corrected chi connectivity index (χ1v) is 6.97. The van der Waals surface area contributed by atoms with E-state index in [4.69, 9.17) is 9.47 Å². The van der Waals surface area contributed by atoms with Crippen molar-refractivity contribution >= 4 is 11.6 Å². The lowest BCUT2D eigenvalue weighted by Crippen LogP contribution is -2.16. The number of benzene rings is 1. The molecule has 118 valence electrons. The number of amides is 1. The van der Waals surface area contributed by atoms with Gasteiger partial charge in [-0.2, -0.15) is 5.10 Å². The maximum Gasteiger partial charge on any atom is 0.229 e. The van der Waals surface area contributed by atoms with Gasteiger partial charge in [0.2, 0.25) is 5.91 Å². The Labute approximate surface area is 130 Å². The van der Waals surface area contributed by atoms with Crippen molar-refractivity contribution in [2.45, 2.75) is 20.3 Å². The smallest absolute Gasteiger partial charge is 0.229 e. The third kappa shape index (κ3) is 3.21. The summed E-state index contributed by atoms with van der Waals surface area (Å²) in [5.41, 5.74) is 3.39. The van der Waals surface area contributed by atoms with E-state index in [2.05, 4.69) is 10.4 Å². The molecule has 0 aliphatic heterocycles. The second-order valence-electron chi connectivity index (χ2n) is 5.06. The number of ether oxygens (including phenoxy) is 2. The fourth-order valence-corrected chi connectivity index (χ4v) is 2.34. The van der Waals surface area contributed by atoms with Gasteiger partial charge in [0.05, 0.1) is 32.0 Å². The van der Waals surface area contributed by atoms with Crippen LogP contribution in [0.3, 0.4) is 0 Å². The van der Waals surface area contributed by atoms with E-state index in [1.807, 2.05) is 20.9 Å². The van der Waals surface area contributed by atoms with E-state index in [-0.39, 0.29) is 12.3 Å². The molecule has 2 rings (SSSR count). The lowest BCUT2D eigenvalue weighted by atomic mass is 10.1. The van der Waals surface area contributed by atoms with Crippen LogP contribution in [-0.4, -0.2) is 29.9 Å². The third-order valence-corrected chi connectivity index (χ3v) is 3.68. The van der Waals surface area contributed by atoms with Gasteiger partial charge in [-0.05, 0) is 26.0 Å². The van der Waals surface area contributed by atoms with E-state index in [1.165, 1.54) is 0 Å². The predicted octanol–water partition coefficient (Wildman–Crippen LogP) is 2.24. The van der Waals surface area contributed by atoms with Gasteiger partial charge in [-0.15, -0.1) is 0 Å². The van der Waals surface area contributed by atoms with E-state index < -0.39 is 0 Å². The number of methoxy groups -OCH3 is 2. The molecule has 0 aliphatic carbocycles. The molecule has 1 aromatic heterocycles. The fraction of sp³-hybridized carbons (Fsp3) is 0.375. The molecule has 6 heteroatoms. The predicted molar refractivity (Wildman–Crippen MR) is 84.6 cm³/mol. The van der Waals surface area contributed by atoms with E-state index in [9.17, 15) is 4.79 Å². The van der Waals surface area contributed by atoms with Gasteiger partial charge in [0, 0.05) is 24.4 Å². The fourth-order valence-electron chi connectivity index (χ4n) is 2.34. The molecule has 0 saturated carbocycles. The van der Waals surface area contributed by atoms with Crippen molar-refractivity contribution in [2.75, 3.05) is 19.5 Å². The monoisotopic (exact) mass is 303 g/mol. The highest BCUT2D eigenvalue weighted by Crippen LogP contribution is 2.29. The summed E-state index contributed by atoms with van der Waals surface area (Å²) < 4.78 is 12.2. The Hall–Kier alpha value is -2.50. The van der Waals surface area contributed by atoms with Crippen LogP contribution < -0.4 is 14.8 Å². The molecule has 2 aromatic rings. The van der Waals surface area contributed by atoms with Crippen molar-refractivity contribution in [1.29, 1.82) is 0 Å². The van der Waals surface area contributed by atoms with Crippen LogP contribution >= 0.6 is 0 Å². The molecule has 22 heavy (non-hydrogen) atoms. The number of rotatable bonds is 5. The average Bonchev–Trinajstić information content (AvgIpc) is 2.73. The second kappa shape index (κ2) is 6.51. The normalized spacial score (nSPS) is 10.4. The zero-order valence-electron chi connectivity index (χ0n) is 13.6. The molecule has 0 unspecified atom stereocenters. The molecule has 1 N–H and O–H groups in total. The summed E-state index contributed by atoms with van der Waals surface area (Å²) in [6.07, 6.45) is 0.270. The summed E-state index contributed by atoms with van der Waals surface area (Å²) in [5, 5.41) is 7.19. The molecule has 0 fully saturated rings. The van der Waals surface area contributed by atoms with Crippen molar-refractivity contribution < 1.29 is 14.3 Å². The summed E-state index contributed by atoms with van der Waals surface area (Å²) in [6, 6.07) is 5.28. The number of carbonyl (C=O) groups excluding carboxylic acids is 1. The molecule has 1 aromatic carbocycles. The molecule has 0 bridgehead atoms. The lowest BCUT2D eigenvalue weighted by Gasteiger charge is -2.12. The second-order valence-corrected chi connectivity index (χ2v) is 5.06. The molecular formula is C16H21N3O3. The Morgan fingerprint density at radius 3 is 2.55 bits per heavy atom. The zero-order chi connectivity index (χ0) is 16.3. The highest BCUT2D eigenvalue weighted by molar-refractivity contribution is 5.94. The highest BCUT2D eigenvalue weighted by Gasteiger charge is 2.15. The number of anilines is 1. The minimum atomic E-state index is -0.120. The van der Waals surface area contributed by atoms with Crippen LogP contribution in [0.4, 0.5) is 5.69 Å². The van der Waals surface area contributed by atoms with E-state index in [0.29, 0.717) is 17.2 Å². The van der Waals surface area contributed by atoms with Gasteiger partial charge in [-0.25, -0.2) is 0 Å². The number of aromatic nitrogens is 2. The van der Waals surface area contributed by atoms with Crippen molar-refractivity contribution in [3.8, 4) is 11.5 Å². The van der Waals surface area contributed by atoms with Crippen molar-refractivity contribution in [2.24, 2.45) is 7.05 Å². The van der Waals surface area contributed by atoms with Gasteiger partial charge in [0.15, 0.2) is 0 Å². The van der Waals surface area contributed by atoms with Crippen molar-refractivity contribution in [3.05, 3.63) is 35.2 Å². The minimum absolute atomic E-state index is 0.120. The maximum absolute atomic E-state index is 12.3. The van der Waals surface area contributed by atoms with Gasteiger partial charge in [0.25, 0.3) is 0 Å². The first-order chi connectivity index (χ1) is 10.5. The summed E-state index contributed by atoms with van der Waals surface area (Å²) in [6.45, 7) is 3.86. The van der Waals surface area contributed by atoms with Gasteiger partial charge in [-0.3, -0.25) is 9.48 Å². The van der Waals surface area contributed by atoms with Gasteiger partial charge in [-0.1, -0.05) is 0 Å². The quantitative estimate of drug-likeness (QED) is 0.920. The zero-order valence-corrected chi connectivity index (χ0v) is 13.6. The van der Waals surface area contributed by atoms with Crippen LogP contribution in [0.5, 0.6) is 11.5 Å². The first-order valence-electron chi connectivity index (χ1n) is 6.97. The number of nitrogens with zero attached hydrogens (tertiary/aromatic N) is 2. The lowest BCUT2D eigenvalue weighted by molar-refractivity contribution is -0.115. The molecular weight excluding hydrogens is 282 g/mol. The number of hydrogen-bond acceptors (Lipinski definition) is 4. The van der Waals surface area contributed by atoms with E-state index >= 15 is 0 Å². The summed E-state index contributed by atoms with van der Waals surface area (Å²) >= 11 is 0. The number of carbonyl (C=O) groups is 1. The molecule has 1 heterocycles. The highest BCUT2D eigenvalue weighted by atomic mass is 16.5. The average molecular weight is 303 g/mol. The molecule has 0 atom stereocenters. The largest absolute Gasteiger partial charge is 0.497 e. The molecule has 0 aliphatic rings. The number of aryl methyl sites for hydroxylation is 2. The Morgan fingerprint density at radius 1 is 1.27 bits per heavy atom. The van der Waals surface area contributed by atoms with Crippen LogP contribution in [0, 0.1) is 13.8 Å². The third-order valence-electron chi connectivity index (χ3n) is 3.68. The Bertz CT molecular complexity index is 692. The van der Waals surface area contributed by atoms with Gasteiger partial charge >= 0.3 is 0 Å². The number of nitrogens with one attached hydrogen (secondary N) is 1. The Morgan fingerprint density at radius 2 is 2.00 bits per heavy atom. The van der Waals surface area contributed by atoms with Crippen LogP contribution in [0.2, 0.25) is 0 Å². The molecule has 0 radical (unpaired) electrons. The molecule has 0 spiro atoms. The minimum Gasteiger partial charge on any atom is -0.497 e. The standard InChI is InChI=1S/C16H21N3O3/c1-10-13(11(2)19(3)18-10)9-16(20)17-14-8-12(21-4)6-7-15(14)22-5/h6-8H,9H2,1-5H3,(H,17,20). The topological polar surface area (TPSA) is 65.4 Å².